The van der Waals surface area contributed by atoms with Crippen LogP contribution in [0.15, 0.2) is 42.5 Å². The van der Waals surface area contributed by atoms with Crippen molar-refractivity contribution in [2.75, 3.05) is 43.4 Å². The number of nitrogens with one attached hydrogen (secondary N) is 2. The van der Waals surface area contributed by atoms with Crippen molar-refractivity contribution in [1.29, 1.82) is 0 Å². The first-order chi connectivity index (χ1) is 12.5. The number of hydrogen-bond acceptors (Lipinski definition) is 4. The second kappa shape index (κ2) is 7.72. The second-order valence-electron chi connectivity index (χ2n) is 6.34. The largest absolute Gasteiger partial charge is 0.359 e. The molecule has 0 atom stereocenters. The van der Waals surface area contributed by atoms with Crippen LogP contribution >= 0.6 is 11.6 Å². The van der Waals surface area contributed by atoms with Gasteiger partial charge in [0.15, 0.2) is 0 Å². The summed E-state index contributed by atoms with van der Waals surface area (Å²) >= 11 is 6.09. The van der Waals surface area contributed by atoms with E-state index in [0.29, 0.717) is 16.3 Å². The van der Waals surface area contributed by atoms with Crippen LogP contribution in [-0.4, -0.2) is 44.1 Å². The maximum atomic E-state index is 12.6. The molecule has 0 spiro atoms. The van der Waals surface area contributed by atoms with Crippen molar-refractivity contribution in [2.24, 2.45) is 0 Å². The molecule has 1 aliphatic heterocycles. The van der Waals surface area contributed by atoms with E-state index in [4.69, 9.17) is 11.6 Å². The van der Waals surface area contributed by atoms with E-state index in [2.05, 4.69) is 17.3 Å². The standard InChI is InChI=1S/C18H19ClN4O3/c1-21-8-10-22(11-9-21)17-7-6-13(23(25)26)12-16(17)20-18(24)14-4-2-3-5-15(14)19/h2-7,12H,8-11H2,1H3,(H,20,24)/p+1. The van der Waals surface area contributed by atoms with E-state index < -0.39 is 10.8 Å². The van der Waals surface area contributed by atoms with Gasteiger partial charge in [0.2, 0.25) is 0 Å². The molecule has 136 valence electrons. The fourth-order valence-corrected chi connectivity index (χ4v) is 3.20. The van der Waals surface area contributed by atoms with Gasteiger partial charge in [-0.1, -0.05) is 23.7 Å². The Hall–Kier alpha value is -2.64. The Kier molecular flexibility index (Phi) is 5.39. The van der Waals surface area contributed by atoms with Crippen molar-refractivity contribution >= 4 is 34.6 Å². The molecule has 0 aromatic heterocycles. The van der Waals surface area contributed by atoms with Gasteiger partial charge in [-0.2, -0.15) is 0 Å². The fourth-order valence-electron chi connectivity index (χ4n) is 2.98. The molecule has 7 nitrogen and oxygen atoms in total. The van der Waals surface area contributed by atoms with E-state index in [1.165, 1.54) is 17.0 Å². The molecule has 1 saturated heterocycles. The molecule has 3 rings (SSSR count). The summed E-state index contributed by atoms with van der Waals surface area (Å²) in [6, 6.07) is 11.3. The van der Waals surface area contributed by atoms with Crippen molar-refractivity contribution in [3.63, 3.8) is 0 Å². The molecule has 2 N–H and O–H groups in total. The third-order valence-electron chi connectivity index (χ3n) is 4.52. The van der Waals surface area contributed by atoms with E-state index >= 15 is 0 Å². The van der Waals surface area contributed by atoms with E-state index in [1.54, 1.807) is 30.3 Å². The van der Waals surface area contributed by atoms with Gasteiger partial charge in [-0.3, -0.25) is 14.9 Å². The van der Waals surface area contributed by atoms with Crippen LogP contribution in [0.25, 0.3) is 0 Å². The van der Waals surface area contributed by atoms with Crippen LogP contribution in [0.1, 0.15) is 10.4 Å². The lowest BCUT2D eigenvalue weighted by molar-refractivity contribution is -0.880. The molecule has 8 heteroatoms. The van der Waals surface area contributed by atoms with Crippen molar-refractivity contribution in [1.82, 2.24) is 0 Å². The van der Waals surface area contributed by atoms with Gasteiger partial charge in [0.05, 0.1) is 60.1 Å². The minimum atomic E-state index is -0.469. The lowest BCUT2D eigenvalue weighted by Crippen LogP contribution is -3.12. The lowest BCUT2D eigenvalue weighted by Gasteiger charge is -2.32. The first-order valence-electron chi connectivity index (χ1n) is 8.36. The zero-order valence-electron chi connectivity index (χ0n) is 14.4. The van der Waals surface area contributed by atoms with Crippen molar-refractivity contribution in [2.45, 2.75) is 0 Å². The SMILES string of the molecule is C[NH+]1CCN(c2ccc([N+](=O)[O-])cc2NC(=O)c2ccccc2Cl)CC1. The molecule has 1 heterocycles. The van der Waals surface area contributed by atoms with Gasteiger partial charge in [0, 0.05) is 12.1 Å². The third kappa shape index (κ3) is 3.95. The number of quaternary nitrogens is 1. The molecule has 0 bridgehead atoms. The smallest absolute Gasteiger partial charge is 0.271 e. The van der Waals surface area contributed by atoms with Crippen LogP contribution in [-0.2, 0) is 0 Å². The number of anilines is 2. The van der Waals surface area contributed by atoms with Crippen molar-refractivity contribution < 1.29 is 14.6 Å². The first-order valence-corrected chi connectivity index (χ1v) is 8.74. The Morgan fingerprint density at radius 2 is 1.92 bits per heavy atom. The Morgan fingerprint density at radius 1 is 1.23 bits per heavy atom. The highest BCUT2D eigenvalue weighted by Crippen LogP contribution is 2.31. The van der Waals surface area contributed by atoms with Crippen LogP contribution in [0.5, 0.6) is 0 Å². The number of carbonyl (C=O) groups excluding carboxylic acids is 1. The summed E-state index contributed by atoms with van der Waals surface area (Å²) in [6.45, 7) is 3.57. The number of halogens is 1. The van der Waals surface area contributed by atoms with Crippen LogP contribution in [0.2, 0.25) is 5.02 Å². The summed E-state index contributed by atoms with van der Waals surface area (Å²) in [5.41, 5.74) is 1.46. The molecule has 0 aliphatic carbocycles. The van der Waals surface area contributed by atoms with Crippen molar-refractivity contribution in [3.8, 4) is 0 Å². The number of rotatable bonds is 4. The van der Waals surface area contributed by atoms with E-state index in [9.17, 15) is 14.9 Å². The van der Waals surface area contributed by atoms with E-state index in [-0.39, 0.29) is 5.69 Å². The van der Waals surface area contributed by atoms with Crippen LogP contribution < -0.4 is 15.1 Å². The molecule has 1 amide bonds. The monoisotopic (exact) mass is 375 g/mol. The molecule has 0 radical (unpaired) electrons. The van der Waals surface area contributed by atoms with E-state index in [0.717, 1.165) is 31.9 Å². The zero-order valence-corrected chi connectivity index (χ0v) is 15.1. The molecule has 26 heavy (non-hydrogen) atoms. The van der Waals surface area contributed by atoms with Gasteiger partial charge in [-0.15, -0.1) is 0 Å². The second-order valence-corrected chi connectivity index (χ2v) is 6.74. The Balaban J connectivity index is 1.92. The van der Waals surface area contributed by atoms with Gasteiger partial charge in [0.25, 0.3) is 11.6 Å². The number of carbonyl (C=O) groups is 1. The topological polar surface area (TPSA) is 79.9 Å². The van der Waals surface area contributed by atoms with E-state index in [1.807, 2.05) is 0 Å². The maximum Gasteiger partial charge on any atom is 0.271 e. The predicted octanol–water partition coefficient (Wildman–Crippen LogP) is 1.84. The summed E-state index contributed by atoms with van der Waals surface area (Å²) in [5.74, 6) is -0.392. The minimum absolute atomic E-state index is 0.0667. The Bertz CT molecular complexity index is 835. The first kappa shape index (κ1) is 18.2. The van der Waals surface area contributed by atoms with Crippen molar-refractivity contribution in [3.05, 3.63) is 63.2 Å². The molecule has 2 aromatic rings. The average molecular weight is 376 g/mol. The highest BCUT2D eigenvalue weighted by molar-refractivity contribution is 6.34. The summed E-state index contributed by atoms with van der Waals surface area (Å²) in [4.78, 5) is 26.9. The van der Waals surface area contributed by atoms with Gasteiger partial charge < -0.3 is 15.1 Å². The number of hydrogen-bond donors (Lipinski definition) is 2. The summed E-state index contributed by atoms with van der Waals surface area (Å²) in [5, 5.41) is 14.3. The molecule has 0 saturated carbocycles. The number of nitrogens with zero attached hydrogens (tertiary/aromatic N) is 2. The van der Waals surface area contributed by atoms with Gasteiger partial charge in [-0.05, 0) is 18.2 Å². The van der Waals surface area contributed by atoms with Gasteiger partial charge >= 0.3 is 0 Å². The molecular formula is C18H20ClN4O3+. The highest BCUT2D eigenvalue weighted by Gasteiger charge is 2.22. The average Bonchev–Trinajstić information content (AvgIpc) is 2.62. The number of piperazine rings is 1. The lowest BCUT2D eigenvalue weighted by atomic mass is 10.1. The van der Waals surface area contributed by atoms with Crippen LogP contribution in [0.3, 0.4) is 0 Å². The third-order valence-corrected chi connectivity index (χ3v) is 4.84. The van der Waals surface area contributed by atoms with Gasteiger partial charge in [0.1, 0.15) is 0 Å². The molecule has 1 fully saturated rings. The number of amides is 1. The summed E-state index contributed by atoms with van der Waals surface area (Å²) < 4.78 is 0. The number of benzene rings is 2. The Morgan fingerprint density at radius 3 is 2.58 bits per heavy atom. The molecular weight excluding hydrogens is 356 g/mol. The van der Waals surface area contributed by atoms with Crippen LogP contribution in [0, 0.1) is 10.1 Å². The normalized spacial score (nSPS) is 14.9. The number of nitro groups is 1. The minimum Gasteiger partial charge on any atom is -0.359 e. The quantitative estimate of drug-likeness (QED) is 0.631. The highest BCUT2D eigenvalue weighted by atomic mass is 35.5. The molecule has 2 aromatic carbocycles. The number of nitro benzene ring substituents is 1. The maximum absolute atomic E-state index is 12.6. The van der Waals surface area contributed by atoms with Crippen LogP contribution in [0.4, 0.5) is 17.1 Å². The zero-order chi connectivity index (χ0) is 18.7. The molecule has 0 unspecified atom stereocenters. The predicted molar refractivity (Wildman–Crippen MR) is 101 cm³/mol. The summed E-state index contributed by atoms with van der Waals surface area (Å²) in [7, 11) is 2.13. The fraction of sp³-hybridized carbons (Fsp3) is 0.278. The van der Waals surface area contributed by atoms with Gasteiger partial charge in [-0.25, -0.2) is 0 Å². The Labute approximate surface area is 156 Å². The number of non-ortho nitro benzene ring substituents is 1. The summed E-state index contributed by atoms with van der Waals surface area (Å²) in [6.07, 6.45) is 0. The molecule has 1 aliphatic rings. The number of likely N-dealkylation sites (N-methyl/N-ethyl adjacent to an activating group) is 1.